The zero-order valence-corrected chi connectivity index (χ0v) is 24.1. The molecule has 1 aromatic heterocycles. The Morgan fingerprint density at radius 2 is 1.63 bits per heavy atom. The van der Waals surface area contributed by atoms with Gasteiger partial charge in [0.1, 0.15) is 5.00 Å². The van der Waals surface area contributed by atoms with Crippen LogP contribution >= 0.6 is 11.3 Å². The van der Waals surface area contributed by atoms with Gasteiger partial charge in [-0.1, -0.05) is 0 Å². The Bertz CT molecular complexity index is 1340. The van der Waals surface area contributed by atoms with Gasteiger partial charge in [-0.15, -0.1) is 11.3 Å². The van der Waals surface area contributed by atoms with E-state index in [-0.39, 0.29) is 27.8 Å². The van der Waals surface area contributed by atoms with Crippen LogP contribution in [0.3, 0.4) is 0 Å². The maximum Gasteiger partial charge on any atom is 0.257 e. The van der Waals surface area contributed by atoms with Crippen LogP contribution in [0.1, 0.15) is 71.7 Å². The summed E-state index contributed by atoms with van der Waals surface area (Å²) >= 11 is 1.45. The van der Waals surface area contributed by atoms with Crippen molar-refractivity contribution in [1.82, 2.24) is 14.5 Å². The molecule has 2 amide bonds. The average molecular weight is 561 g/mol. The third kappa shape index (κ3) is 5.14. The van der Waals surface area contributed by atoms with E-state index in [1.54, 1.807) is 0 Å². The van der Waals surface area contributed by atoms with Gasteiger partial charge in [0.15, 0.2) is 0 Å². The van der Waals surface area contributed by atoms with Crippen molar-refractivity contribution in [3.05, 3.63) is 45.8 Å². The number of sulfonamides is 1. The fourth-order valence-corrected chi connectivity index (χ4v) is 8.48. The van der Waals surface area contributed by atoms with Crippen LogP contribution in [-0.2, 0) is 26.7 Å². The van der Waals surface area contributed by atoms with Crippen LogP contribution in [0.2, 0.25) is 0 Å². The fourth-order valence-electron chi connectivity index (χ4n) is 5.81. The Morgan fingerprint density at radius 1 is 1.00 bits per heavy atom. The predicted octanol–water partition coefficient (Wildman–Crippen LogP) is 3.42. The van der Waals surface area contributed by atoms with E-state index >= 15 is 0 Å². The third-order valence-corrected chi connectivity index (χ3v) is 10.8. The molecule has 0 radical (unpaired) electrons. The summed E-state index contributed by atoms with van der Waals surface area (Å²) in [6.07, 6.45) is 2.65. The summed E-state index contributed by atoms with van der Waals surface area (Å²) in [5.41, 5.74) is 1.35. The van der Waals surface area contributed by atoms with Crippen molar-refractivity contribution in [1.29, 1.82) is 0 Å². The van der Waals surface area contributed by atoms with Crippen LogP contribution in [0.25, 0.3) is 0 Å². The molecule has 0 aliphatic carbocycles. The summed E-state index contributed by atoms with van der Waals surface area (Å²) < 4.78 is 32.6. The summed E-state index contributed by atoms with van der Waals surface area (Å²) in [6, 6.07) is 5.97. The Hall–Kier alpha value is -2.31. The number of rotatable bonds is 5. The van der Waals surface area contributed by atoms with Crippen molar-refractivity contribution in [3.8, 4) is 0 Å². The molecule has 4 heterocycles. The van der Waals surface area contributed by atoms with E-state index in [0.29, 0.717) is 48.9 Å². The maximum absolute atomic E-state index is 13.7. The molecular weight excluding hydrogens is 524 g/mol. The maximum atomic E-state index is 13.7. The highest BCUT2D eigenvalue weighted by molar-refractivity contribution is 7.89. The molecule has 11 heteroatoms. The SMILES string of the molecule is CC1(C)Cc2c(sc(NC(=O)c3ccc(S(=O)(=O)N4CCOCC4)cc3)c2C(=O)N2CCCC2)C(C)(C)N1. The van der Waals surface area contributed by atoms with Crippen molar-refractivity contribution in [2.45, 2.75) is 62.9 Å². The first-order valence-electron chi connectivity index (χ1n) is 13.1. The lowest BCUT2D eigenvalue weighted by atomic mass is 9.81. The Morgan fingerprint density at radius 3 is 2.26 bits per heavy atom. The Labute approximate surface area is 228 Å². The Kier molecular flexibility index (Phi) is 7.19. The molecule has 9 nitrogen and oxygen atoms in total. The quantitative estimate of drug-likeness (QED) is 0.580. The second kappa shape index (κ2) is 10.0. The van der Waals surface area contributed by atoms with Crippen molar-refractivity contribution in [2.24, 2.45) is 0 Å². The molecule has 2 aromatic rings. The van der Waals surface area contributed by atoms with E-state index in [1.165, 1.54) is 39.9 Å². The number of benzene rings is 1. The molecule has 2 N–H and O–H groups in total. The first-order chi connectivity index (χ1) is 17.9. The van der Waals surface area contributed by atoms with Crippen molar-refractivity contribution >= 4 is 38.2 Å². The van der Waals surface area contributed by atoms with Crippen LogP contribution in [0.15, 0.2) is 29.2 Å². The number of hydrogen-bond donors (Lipinski definition) is 2. The number of likely N-dealkylation sites (tertiary alicyclic amines) is 1. The normalized spacial score (nSPS) is 21.2. The number of nitrogens with zero attached hydrogens (tertiary/aromatic N) is 2. The molecule has 206 valence electrons. The van der Waals surface area contributed by atoms with Gasteiger partial charge in [0.05, 0.1) is 23.7 Å². The van der Waals surface area contributed by atoms with Gasteiger partial charge >= 0.3 is 0 Å². The minimum atomic E-state index is -3.65. The van der Waals surface area contributed by atoms with Crippen molar-refractivity contribution in [3.63, 3.8) is 0 Å². The fraction of sp³-hybridized carbons (Fsp3) is 0.556. The van der Waals surface area contributed by atoms with E-state index in [0.717, 1.165) is 36.4 Å². The van der Waals surface area contributed by atoms with Crippen molar-refractivity contribution in [2.75, 3.05) is 44.7 Å². The number of carbonyl (C=O) groups excluding carboxylic acids is 2. The number of carbonyl (C=O) groups is 2. The largest absolute Gasteiger partial charge is 0.379 e. The number of hydrogen-bond acceptors (Lipinski definition) is 7. The van der Waals surface area contributed by atoms with Gasteiger partial charge in [0.2, 0.25) is 10.0 Å². The monoisotopic (exact) mass is 560 g/mol. The molecule has 2 fully saturated rings. The molecule has 0 saturated carbocycles. The van der Waals surface area contributed by atoms with Gasteiger partial charge in [-0.05, 0) is 76.8 Å². The van der Waals surface area contributed by atoms with E-state index < -0.39 is 10.0 Å². The molecule has 0 spiro atoms. The average Bonchev–Trinajstić information content (AvgIpc) is 3.52. The number of anilines is 1. The smallest absolute Gasteiger partial charge is 0.257 e. The van der Waals surface area contributed by atoms with E-state index in [4.69, 9.17) is 4.74 Å². The number of morpholine rings is 1. The second-order valence-electron chi connectivity index (χ2n) is 11.4. The summed E-state index contributed by atoms with van der Waals surface area (Å²) in [7, 11) is -3.65. The molecule has 0 unspecified atom stereocenters. The standard InChI is InChI=1S/C27H36N4O5S2/c1-26(2)17-20-21(25(33)30-11-5-6-12-30)24(37-22(20)27(3,4)29-26)28-23(32)18-7-9-19(10-8-18)38(34,35)31-13-15-36-16-14-31/h7-10,29H,5-6,11-17H2,1-4H3,(H,28,32). The molecule has 38 heavy (non-hydrogen) atoms. The number of thiophene rings is 1. The first-order valence-corrected chi connectivity index (χ1v) is 15.4. The predicted molar refractivity (Wildman–Crippen MR) is 147 cm³/mol. The highest BCUT2D eigenvalue weighted by Gasteiger charge is 2.42. The lowest BCUT2D eigenvalue weighted by Gasteiger charge is -2.42. The molecule has 3 aliphatic rings. The lowest BCUT2D eigenvalue weighted by Crippen LogP contribution is -2.55. The number of amides is 2. The van der Waals surface area contributed by atoms with Crippen LogP contribution in [-0.4, -0.2) is 74.4 Å². The summed E-state index contributed by atoms with van der Waals surface area (Å²) in [5, 5.41) is 7.23. The number of ether oxygens (including phenoxy) is 1. The van der Waals surface area contributed by atoms with Gasteiger partial charge in [-0.3, -0.25) is 9.59 Å². The zero-order chi connectivity index (χ0) is 27.3. The molecule has 0 bridgehead atoms. The minimum Gasteiger partial charge on any atom is -0.379 e. The molecular formula is C27H36N4O5S2. The van der Waals surface area contributed by atoms with Crippen molar-refractivity contribution < 1.29 is 22.7 Å². The molecule has 2 saturated heterocycles. The summed E-state index contributed by atoms with van der Waals surface area (Å²) in [4.78, 5) is 30.2. The first kappa shape index (κ1) is 27.3. The second-order valence-corrected chi connectivity index (χ2v) is 14.4. The number of nitrogens with one attached hydrogen (secondary N) is 2. The van der Waals surface area contributed by atoms with Gasteiger partial charge in [-0.2, -0.15) is 4.31 Å². The van der Waals surface area contributed by atoms with Crippen LogP contribution in [0.5, 0.6) is 0 Å². The zero-order valence-electron chi connectivity index (χ0n) is 22.4. The van der Waals surface area contributed by atoms with E-state index in [9.17, 15) is 18.0 Å². The van der Waals surface area contributed by atoms with Crippen LogP contribution < -0.4 is 10.6 Å². The van der Waals surface area contributed by atoms with Gasteiger partial charge in [0.25, 0.3) is 11.8 Å². The highest BCUT2D eigenvalue weighted by atomic mass is 32.2. The molecule has 1 aromatic carbocycles. The van der Waals surface area contributed by atoms with E-state index in [2.05, 4.69) is 38.3 Å². The molecule has 5 rings (SSSR count). The lowest BCUT2D eigenvalue weighted by molar-refractivity contribution is 0.0730. The molecule has 3 aliphatic heterocycles. The van der Waals surface area contributed by atoms with Crippen LogP contribution in [0.4, 0.5) is 5.00 Å². The summed E-state index contributed by atoms with van der Waals surface area (Å²) in [5.74, 6) is -0.407. The number of fused-ring (bicyclic) bond motifs is 1. The summed E-state index contributed by atoms with van der Waals surface area (Å²) in [6.45, 7) is 11.3. The Balaban J connectivity index is 1.45. The molecule has 0 atom stereocenters. The van der Waals surface area contributed by atoms with Gasteiger partial charge in [0, 0.05) is 47.7 Å². The third-order valence-electron chi connectivity index (χ3n) is 7.40. The highest BCUT2D eigenvalue weighted by Crippen LogP contribution is 2.45. The minimum absolute atomic E-state index is 0.0317. The van der Waals surface area contributed by atoms with Gasteiger partial charge in [-0.25, -0.2) is 8.42 Å². The van der Waals surface area contributed by atoms with E-state index in [1.807, 2.05) is 4.90 Å². The van der Waals surface area contributed by atoms with Gasteiger partial charge < -0.3 is 20.3 Å². The van der Waals surface area contributed by atoms with Crippen LogP contribution in [0, 0.1) is 0 Å². The topological polar surface area (TPSA) is 108 Å².